The van der Waals surface area contributed by atoms with E-state index in [0.717, 1.165) is 22.2 Å². The standard InChI is InChI=1S/C14H14BrClN4O2/c1-2-5-22-12-4-3-9(6-10(12)15)7-17-19-11-8-18-20-14(21)13(11)16/h3-4,6-8H,2,5H2,1H3,(H2,19,20,21)/b17-7-. The summed E-state index contributed by atoms with van der Waals surface area (Å²) >= 11 is 9.28. The van der Waals surface area contributed by atoms with E-state index >= 15 is 0 Å². The fourth-order valence-corrected chi connectivity index (χ4v) is 2.21. The minimum Gasteiger partial charge on any atom is -0.492 e. The number of aromatic nitrogens is 2. The third kappa shape index (κ3) is 4.32. The third-order valence-electron chi connectivity index (χ3n) is 2.61. The summed E-state index contributed by atoms with van der Waals surface area (Å²) in [5, 5.41) is 9.92. The molecule has 0 atom stereocenters. The van der Waals surface area contributed by atoms with Gasteiger partial charge in [0.15, 0.2) is 0 Å². The lowest BCUT2D eigenvalue weighted by atomic mass is 10.2. The maximum absolute atomic E-state index is 11.3. The predicted octanol–water partition coefficient (Wildman–Crippen LogP) is 3.42. The normalized spacial score (nSPS) is 10.9. The van der Waals surface area contributed by atoms with Crippen LogP contribution >= 0.6 is 27.5 Å². The molecule has 0 aliphatic rings. The number of nitrogens with zero attached hydrogens (tertiary/aromatic N) is 2. The van der Waals surface area contributed by atoms with Gasteiger partial charge in [0.2, 0.25) is 0 Å². The highest BCUT2D eigenvalue weighted by Crippen LogP contribution is 2.25. The first kappa shape index (κ1) is 16.5. The quantitative estimate of drug-likeness (QED) is 0.590. The lowest BCUT2D eigenvalue weighted by Gasteiger charge is -2.07. The van der Waals surface area contributed by atoms with E-state index in [4.69, 9.17) is 16.3 Å². The van der Waals surface area contributed by atoms with Crippen molar-refractivity contribution in [2.45, 2.75) is 13.3 Å². The Morgan fingerprint density at radius 3 is 3.09 bits per heavy atom. The maximum Gasteiger partial charge on any atom is 0.285 e. The lowest BCUT2D eigenvalue weighted by Crippen LogP contribution is -2.10. The molecule has 6 nitrogen and oxygen atoms in total. The number of hydrogen-bond donors (Lipinski definition) is 2. The first-order valence-electron chi connectivity index (χ1n) is 6.56. The van der Waals surface area contributed by atoms with Crippen LogP contribution < -0.4 is 15.7 Å². The summed E-state index contributed by atoms with van der Waals surface area (Å²) in [6.45, 7) is 2.72. The Hall–Kier alpha value is -1.86. The molecule has 1 aromatic carbocycles. The van der Waals surface area contributed by atoms with Gasteiger partial charge in [-0.2, -0.15) is 10.2 Å². The van der Waals surface area contributed by atoms with Gasteiger partial charge < -0.3 is 4.74 Å². The largest absolute Gasteiger partial charge is 0.492 e. The Morgan fingerprint density at radius 2 is 2.36 bits per heavy atom. The molecule has 0 radical (unpaired) electrons. The smallest absolute Gasteiger partial charge is 0.285 e. The van der Waals surface area contributed by atoms with Crippen molar-refractivity contribution in [2.24, 2.45) is 5.10 Å². The van der Waals surface area contributed by atoms with Crippen LogP contribution in [0.1, 0.15) is 18.9 Å². The van der Waals surface area contributed by atoms with Crippen molar-refractivity contribution in [2.75, 3.05) is 12.0 Å². The summed E-state index contributed by atoms with van der Waals surface area (Å²) in [7, 11) is 0. The molecule has 116 valence electrons. The topological polar surface area (TPSA) is 79.4 Å². The molecule has 2 N–H and O–H groups in total. The summed E-state index contributed by atoms with van der Waals surface area (Å²) in [5.41, 5.74) is 3.40. The minimum atomic E-state index is -0.470. The number of aromatic amines is 1. The lowest BCUT2D eigenvalue weighted by molar-refractivity contribution is 0.315. The van der Waals surface area contributed by atoms with Crippen molar-refractivity contribution < 1.29 is 4.74 Å². The van der Waals surface area contributed by atoms with Gasteiger partial charge in [0.1, 0.15) is 16.5 Å². The number of nitrogens with one attached hydrogen (secondary N) is 2. The van der Waals surface area contributed by atoms with E-state index in [0.29, 0.717) is 12.3 Å². The fourth-order valence-electron chi connectivity index (χ4n) is 1.56. The molecule has 0 fully saturated rings. The van der Waals surface area contributed by atoms with Crippen molar-refractivity contribution in [3.8, 4) is 5.75 Å². The van der Waals surface area contributed by atoms with E-state index in [2.05, 4.69) is 43.6 Å². The average Bonchev–Trinajstić information content (AvgIpc) is 2.51. The van der Waals surface area contributed by atoms with Gasteiger partial charge in [0.25, 0.3) is 5.56 Å². The van der Waals surface area contributed by atoms with Crippen molar-refractivity contribution in [3.05, 3.63) is 49.8 Å². The Kier molecular flexibility index (Phi) is 5.97. The van der Waals surface area contributed by atoms with Gasteiger partial charge in [0.05, 0.1) is 23.5 Å². The highest BCUT2D eigenvalue weighted by molar-refractivity contribution is 9.10. The molecule has 0 aliphatic carbocycles. The van der Waals surface area contributed by atoms with E-state index in [9.17, 15) is 4.79 Å². The molecule has 0 spiro atoms. The van der Waals surface area contributed by atoms with Crippen molar-refractivity contribution in [3.63, 3.8) is 0 Å². The Morgan fingerprint density at radius 1 is 1.55 bits per heavy atom. The first-order chi connectivity index (χ1) is 10.6. The van der Waals surface area contributed by atoms with Crippen LogP contribution in [0, 0.1) is 0 Å². The molecule has 0 aliphatic heterocycles. The Balaban J connectivity index is 2.05. The van der Waals surface area contributed by atoms with Gasteiger partial charge in [-0.3, -0.25) is 10.2 Å². The number of halogens is 2. The van der Waals surface area contributed by atoms with Gasteiger partial charge in [-0.15, -0.1) is 0 Å². The van der Waals surface area contributed by atoms with Crippen LogP contribution in [-0.2, 0) is 0 Å². The van der Waals surface area contributed by atoms with Crippen LogP contribution in [0.15, 0.2) is 38.8 Å². The van der Waals surface area contributed by atoms with Crippen molar-refractivity contribution in [1.82, 2.24) is 10.2 Å². The fraction of sp³-hybridized carbons (Fsp3) is 0.214. The van der Waals surface area contributed by atoms with Gasteiger partial charge in [-0.25, -0.2) is 5.10 Å². The zero-order valence-corrected chi connectivity index (χ0v) is 14.1. The number of hydrogen-bond acceptors (Lipinski definition) is 5. The van der Waals surface area contributed by atoms with Crippen LogP contribution in [0.3, 0.4) is 0 Å². The summed E-state index contributed by atoms with van der Waals surface area (Å²) in [5.74, 6) is 0.786. The molecule has 1 aromatic heterocycles. The molecule has 0 saturated carbocycles. The molecule has 1 heterocycles. The Bertz CT molecular complexity index is 733. The molecule has 0 bridgehead atoms. The van der Waals surface area contributed by atoms with Crippen LogP contribution in [0.4, 0.5) is 5.69 Å². The summed E-state index contributed by atoms with van der Waals surface area (Å²) < 4.78 is 6.42. The Labute approximate surface area is 140 Å². The first-order valence-corrected chi connectivity index (χ1v) is 7.73. The van der Waals surface area contributed by atoms with E-state index in [1.54, 1.807) is 6.21 Å². The zero-order valence-electron chi connectivity index (χ0n) is 11.8. The molecule has 22 heavy (non-hydrogen) atoms. The van der Waals surface area contributed by atoms with Crippen molar-refractivity contribution in [1.29, 1.82) is 0 Å². The second-order valence-corrected chi connectivity index (χ2v) is 5.57. The van der Waals surface area contributed by atoms with Gasteiger partial charge in [-0.05, 0) is 46.1 Å². The third-order valence-corrected chi connectivity index (χ3v) is 3.61. The molecule has 8 heteroatoms. The molecule has 2 rings (SSSR count). The highest BCUT2D eigenvalue weighted by atomic mass is 79.9. The van der Waals surface area contributed by atoms with Crippen LogP contribution in [-0.4, -0.2) is 23.0 Å². The number of H-pyrrole nitrogens is 1. The monoisotopic (exact) mass is 384 g/mol. The molecular weight excluding hydrogens is 372 g/mol. The van der Waals surface area contributed by atoms with E-state index < -0.39 is 5.56 Å². The second-order valence-electron chi connectivity index (χ2n) is 4.34. The number of anilines is 1. The van der Waals surface area contributed by atoms with E-state index in [1.165, 1.54) is 6.20 Å². The molecular formula is C14H14BrClN4O2. The van der Waals surface area contributed by atoms with Crippen molar-refractivity contribution >= 4 is 39.4 Å². The molecule has 0 unspecified atom stereocenters. The predicted molar refractivity (Wildman–Crippen MR) is 91.0 cm³/mol. The summed E-state index contributed by atoms with van der Waals surface area (Å²) in [6, 6.07) is 5.62. The van der Waals surface area contributed by atoms with Gasteiger partial charge >= 0.3 is 0 Å². The summed E-state index contributed by atoms with van der Waals surface area (Å²) in [6.07, 6.45) is 3.94. The molecule has 2 aromatic rings. The number of ether oxygens (including phenoxy) is 1. The number of rotatable bonds is 6. The van der Waals surface area contributed by atoms with Gasteiger partial charge in [-0.1, -0.05) is 18.5 Å². The molecule has 0 amide bonds. The number of hydrazone groups is 1. The molecule has 0 saturated heterocycles. The summed E-state index contributed by atoms with van der Waals surface area (Å²) in [4.78, 5) is 11.3. The second kappa shape index (κ2) is 7.95. The average molecular weight is 386 g/mol. The highest BCUT2D eigenvalue weighted by Gasteiger charge is 2.04. The van der Waals surface area contributed by atoms with E-state index in [1.807, 2.05) is 18.2 Å². The SMILES string of the molecule is CCCOc1ccc(/C=N\Nc2cn[nH]c(=O)c2Cl)cc1Br. The minimum absolute atomic E-state index is 0.0108. The van der Waals surface area contributed by atoms with Crippen LogP contribution in [0.2, 0.25) is 5.02 Å². The maximum atomic E-state index is 11.3. The van der Waals surface area contributed by atoms with Crippen LogP contribution in [0.25, 0.3) is 0 Å². The van der Waals surface area contributed by atoms with Crippen LogP contribution in [0.5, 0.6) is 5.75 Å². The number of benzene rings is 1. The van der Waals surface area contributed by atoms with Gasteiger partial charge in [0, 0.05) is 0 Å². The zero-order chi connectivity index (χ0) is 15.9. The van der Waals surface area contributed by atoms with E-state index in [-0.39, 0.29) is 5.02 Å².